The Labute approximate surface area is 101 Å². The van der Waals surface area contributed by atoms with E-state index < -0.39 is 23.7 Å². The van der Waals surface area contributed by atoms with Gasteiger partial charge in [0.05, 0.1) is 5.56 Å². The van der Waals surface area contributed by atoms with Gasteiger partial charge in [0.2, 0.25) is 0 Å². The van der Waals surface area contributed by atoms with Crippen LogP contribution in [0.2, 0.25) is 0 Å². The van der Waals surface area contributed by atoms with Crippen LogP contribution in [0.1, 0.15) is 5.56 Å². The third-order valence-electron chi connectivity index (χ3n) is 1.97. The summed E-state index contributed by atoms with van der Waals surface area (Å²) < 4.78 is 59.1. The van der Waals surface area contributed by atoms with Crippen molar-refractivity contribution in [3.8, 4) is 17.6 Å². The van der Waals surface area contributed by atoms with Crippen LogP contribution in [0, 0.1) is 11.3 Å². The van der Waals surface area contributed by atoms with Crippen LogP contribution in [-0.4, -0.2) is 12.2 Å². The van der Waals surface area contributed by atoms with Crippen LogP contribution in [-0.2, 0) is 0 Å². The fourth-order valence-electron chi connectivity index (χ4n) is 1.18. The van der Waals surface area contributed by atoms with Gasteiger partial charge in [-0.3, -0.25) is 0 Å². The smallest absolute Gasteiger partial charge is 0.421 e. The van der Waals surface area contributed by atoms with Gasteiger partial charge in [-0.15, -0.1) is 0 Å². The first-order valence-electron chi connectivity index (χ1n) is 4.14. The number of halogens is 5. The third-order valence-corrected chi connectivity index (χ3v) is 2.63. The van der Waals surface area contributed by atoms with Gasteiger partial charge in [0, 0.05) is 10.5 Å². The van der Waals surface area contributed by atoms with Gasteiger partial charge < -0.3 is 9.47 Å². The minimum Gasteiger partial charge on any atom is -0.421 e. The Bertz CT molecular complexity index is 526. The van der Waals surface area contributed by atoms with Crippen LogP contribution in [0.25, 0.3) is 0 Å². The van der Waals surface area contributed by atoms with E-state index in [9.17, 15) is 17.6 Å². The second kappa shape index (κ2) is 3.50. The molecular weight excluding hydrogens is 310 g/mol. The Morgan fingerprint density at radius 2 is 1.53 bits per heavy atom. The van der Waals surface area contributed by atoms with E-state index in [1.54, 1.807) is 6.07 Å². The number of fused-ring (bicyclic) bond motifs is 1. The van der Waals surface area contributed by atoms with Crippen molar-refractivity contribution in [2.75, 3.05) is 0 Å². The number of alkyl halides is 4. The molecule has 0 spiro atoms. The van der Waals surface area contributed by atoms with Gasteiger partial charge in [-0.2, -0.15) is 22.8 Å². The molecule has 1 aromatic rings. The van der Waals surface area contributed by atoms with Crippen molar-refractivity contribution in [3.63, 3.8) is 0 Å². The van der Waals surface area contributed by atoms with Crippen LogP contribution >= 0.6 is 15.9 Å². The monoisotopic (exact) mass is 311 g/mol. The minimum absolute atomic E-state index is 0.0339. The van der Waals surface area contributed by atoms with Gasteiger partial charge in [-0.1, -0.05) is 0 Å². The standard InChI is InChI=1S/C9H2BrF4NO2/c10-5-2-7-6(1-4(5)3-15)16-8(11,12)9(13,14)17-7/h1-2H. The number of nitrogens with zero attached hydrogens (tertiary/aromatic N) is 1. The lowest BCUT2D eigenvalue weighted by Crippen LogP contribution is -2.52. The Kier molecular flexibility index (Phi) is 2.47. The van der Waals surface area contributed by atoms with E-state index in [1.807, 2.05) is 0 Å². The zero-order valence-corrected chi connectivity index (χ0v) is 9.39. The summed E-state index contributed by atoms with van der Waals surface area (Å²) in [4.78, 5) is 0. The molecule has 0 N–H and O–H groups in total. The second-order valence-corrected chi connectivity index (χ2v) is 3.98. The minimum atomic E-state index is -4.78. The van der Waals surface area contributed by atoms with Gasteiger partial charge in [0.25, 0.3) is 0 Å². The highest BCUT2D eigenvalue weighted by Crippen LogP contribution is 2.48. The van der Waals surface area contributed by atoms with Crippen LogP contribution in [0.15, 0.2) is 16.6 Å². The molecule has 8 heteroatoms. The lowest BCUT2D eigenvalue weighted by Gasteiger charge is -2.31. The molecule has 0 fully saturated rings. The third kappa shape index (κ3) is 1.80. The quantitative estimate of drug-likeness (QED) is 0.691. The molecular formula is C9H2BrF4NO2. The summed E-state index contributed by atoms with van der Waals surface area (Å²) >= 11 is 2.91. The number of rotatable bonds is 0. The van der Waals surface area contributed by atoms with Crippen LogP contribution in [0.5, 0.6) is 11.5 Å². The Morgan fingerprint density at radius 3 is 2.00 bits per heavy atom. The summed E-state index contributed by atoms with van der Waals surface area (Å²) in [6.45, 7) is 0. The maximum absolute atomic E-state index is 12.8. The van der Waals surface area contributed by atoms with Crippen LogP contribution in [0.4, 0.5) is 17.6 Å². The predicted octanol–water partition coefficient (Wildman–Crippen LogP) is 3.28. The molecule has 1 aliphatic rings. The highest BCUT2D eigenvalue weighted by Gasteiger charge is 2.66. The number of nitriles is 1. The normalized spacial score (nSPS) is 19.5. The van der Waals surface area contributed by atoms with Gasteiger partial charge in [0.1, 0.15) is 6.07 Å². The fraction of sp³-hybridized carbons (Fsp3) is 0.222. The van der Waals surface area contributed by atoms with E-state index in [1.165, 1.54) is 0 Å². The molecule has 1 heterocycles. The summed E-state index contributed by atoms with van der Waals surface area (Å²) in [5, 5.41) is 8.64. The first kappa shape index (κ1) is 12.0. The SMILES string of the molecule is N#Cc1cc2c(cc1Br)OC(F)(F)C(F)(F)O2. The topological polar surface area (TPSA) is 42.2 Å². The first-order valence-corrected chi connectivity index (χ1v) is 4.93. The molecule has 3 nitrogen and oxygen atoms in total. The van der Waals surface area contributed by atoms with Crippen LogP contribution in [0.3, 0.4) is 0 Å². The molecule has 0 saturated heterocycles. The van der Waals surface area contributed by atoms with E-state index in [0.29, 0.717) is 0 Å². The molecule has 0 bridgehead atoms. The lowest BCUT2D eigenvalue weighted by molar-refractivity contribution is -0.391. The van der Waals surface area contributed by atoms with E-state index in [-0.39, 0.29) is 10.0 Å². The average Bonchev–Trinajstić information content (AvgIpc) is 2.19. The van der Waals surface area contributed by atoms with Crippen molar-refractivity contribution in [3.05, 3.63) is 22.2 Å². The van der Waals surface area contributed by atoms with Gasteiger partial charge in [-0.05, 0) is 22.0 Å². The summed E-state index contributed by atoms with van der Waals surface area (Å²) in [6, 6.07) is 3.54. The zero-order chi connectivity index (χ0) is 12.8. The molecule has 0 aromatic heterocycles. The Morgan fingerprint density at radius 1 is 1.06 bits per heavy atom. The summed E-state index contributed by atoms with van der Waals surface area (Å²) in [5.41, 5.74) is -0.0339. The van der Waals surface area contributed by atoms with Crippen molar-refractivity contribution in [1.29, 1.82) is 5.26 Å². The van der Waals surface area contributed by atoms with Crippen molar-refractivity contribution in [2.24, 2.45) is 0 Å². The average molecular weight is 312 g/mol. The lowest BCUT2D eigenvalue weighted by atomic mass is 10.2. The number of ether oxygens (including phenoxy) is 2. The molecule has 0 radical (unpaired) electrons. The molecule has 0 unspecified atom stereocenters. The molecule has 90 valence electrons. The maximum Gasteiger partial charge on any atom is 0.507 e. The molecule has 17 heavy (non-hydrogen) atoms. The highest BCUT2D eigenvalue weighted by molar-refractivity contribution is 9.10. The summed E-state index contributed by atoms with van der Waals surface area (Å²) in [6.07, 6.45) is -9.53. The van der Waals surface area contributed by atoms with E-state index in [2.05, 4.69) is 25.4 Å². The molecule has 1 aromatic carbocycles. The van der Waals surface area contributed by atoms with Crippen molar-refractivity contribution in [1.82, 2.24) is 0 Å². The predicted molar refractivity (Wildman–Crippen MR) is 50.0 cm³/mol. The van der Waals surface area contributed by atoms with Crippen molar-refractivity contribution < 1.29 is 27.0 Å². The van der Waals surface area contributed by atoms with Crippen molar-refractivity contribution in [2.45, 2.75) is 12.2 Å². The van der Waals surface area contributed by atoms with Crippen LogP contribution < -0.4 is 9.47 Å². The van der Waals surface area contributed by atoms with Gasteiger partial charge in [-0.25, -0.2) is 0 Å². The molecule has 1 aliphatic heterocycles. The zero-order valence-electron chi connectivity index (χ0n) is 7.81. The van der Waals surface area contributed by atoms with Gasteiger partial charge >= 0.3 is 12.2 Å². The Balaban J connectivity index is 2.55. The van der Waals surface area contributed by atoms with E-state index in [4.69, 9.17) is 5.26 Å². The van der Waals surface area contributed by atoms with Crippen molar-refractivity contribution >= 4 is 15.9 Å². The Hall–Kier alpha value is -1.49. The van der Waals surface area contributed by atoms with E-state index in [0.717, 1.165) is 12.1 Å². The maximum atomic E-state index is 12.8. The van der Waals surface area contributed by atoms with Gasteiger partial charge in [0.15, 0.2) is 11.5 Å². The summed E-state index contributed by atoms with van der Waals surface area (Å²) in [7, 11) is 0. The highest BCUT2D eigenvalue weighted by atomic mass is 79.9. The first-order chi connectivity index (χ1) is 7.77. The fourth-order valence-corrected chi connectivity index (χ4v) is 1.59. The number of benzene rings is 1. The molecule has 0 aliphatic carbocycles. The molecule has 0 atom stereocenters. The molecule has 2 rings (SSSR count). The van der Waals surface area contributed by atoms with E-state index >= 15 is 0 Å². The number of hydrogen-bond donors (Lipinski definition) is 0. The molecule has 0 amide bonds. The largest absolute Gasteiger partial charge is 0.507 e. The summed E-state index contributed by atoms with van der Waals surface area (Å²) in [5.74, 6) is -1.17. The number of hydrogen-bond acceptors (Lipinski definition) is 3. The second-order valence-electron chi connectivity index (χ2n) is 3.13. The molecule has 0 saturated carbocycles.